The van der Waals surface area contributed by atoms with Gasteiger partial charge in [0, 0.05) is 33.5 Å². The van der Waals surface area contributed by atoms with Crippen molar-refractivity contribution in [1.29, 1.82) is 0 Å². The lowest BCUT2D eigenvalue weighted by atomic mass is 9.66. The Morgan fingerprint density at radius 1 is 0.400 bits per heavy atom. The summed E-state index contributed by atoms with van der Waals surface area (Å²) in [4.78, 5) is 2.44. The number of nitrogens with zero attached hydrogens (tertiary/aromatic N) is 2. The zero-order valence-corrected chi connectivity index (χ0v) is 41.7. The van der Waals surface area contributed by atoms with E-state index >= 15 is 0 Å². The molecular weight excluding hydrogens is 905 g/mol. The highest BCUT2D eigenvalue weighted by Gasteiger charge is 2.48. The van der Waals surface area contributed by atoms with Gasteiger partial charge in [-0.1, -0.05) is 225 Å². The van der Waals surface area contributed by atoms with E-state index in [1.807, 2.05) is 0 Å². The molecular formula is C73H52N2. The maximum atomic E-state index is 4.68. The van der Waals surface area contributed by atoms with E-state index in [0.717, 1.165) is 22.8 Å². The highest BCUT2D eigenvalue weighted by Crippen LogP contribution is 2.59. The summed E-state index contributed by atoms with van der Waals surface area (Å²) in [6, 6.07) is 101. The number of para-hydroxylation sites is 2. The number of anilines is 2. The fraction of sp³-hybridized carbons (Fsp3) is 0.0411. The maximum Gasteiger partial charge on any atom is 0.0714 e. The van der Waals surface area contributed by atoms with Gasteiger partial charge in [-0.25, -0.2) is 0 Å². The second-order valence-corrected chi connectivity index (χ2v) is 20.0. The summed E-state index contributed by atoms with van der Waals surface area (Å²) in [5, 5.41) is 4.81. The van der Waals surface area contributed by atoms with Crippen molar-refractivity contribution >= 4 is 49.5 Å². The van der Waals surface area contributed by atoms with E-state index in [4.69, 9.17) is 0 Å². The lowest BCUT2D eigenvalue weighted by Gasteiger charge is -2.36. The molecule has 14 rings (SSSR count). The van der Waals surface area contributed by atoms with Crippen LogP contribution in [0.1, 0.15) is 51.4 Å². The van der Waals surface area contributed by atoms with Gasteiger partial charge in [0.1, 0.15) is 0 Å². The first-order valence-electron chi connectivity index (χ1n) is 26.0. The quantitative estimate of drug-likeness (QED) is 0.124. The van der Waals surface area contributed by atoms with Gasteiger partial charge in [0.15, 0.2) is 0 Å². The number of benzene rings is 11. The van der Waals surface area contributed by atoms with Crippen LogP contribution in [0, 0.1) is 0 Å². The Morgan fingerprint density at radius 3 is 1.61 bits per heavy atom. The zero-order valence-electron chi connectivity index (χ0n) is 41.7. The number of rotatable bonds is 10. The Bertz CT molecular complexity index is 4220. The van der Waals surface area contributed by atoms with Crippen molar-refractivity contribution in [2.75, 3.05) is 4.90 Å². The first kappa shape index (κ1) is 44.2. The van der Waals surface area contributed by atoms with Crippen molar-refractivity contribution in [1.82, 2.24) is 4.57 Å². The molecule has 2 aliphatic carbocycles. The fourth-order valence-electron chi connectivity index (χ4n) is 13.2. The van der Waals surface area contributed by atoms with E-state index < -0.39 is 10.8 Å². The van der Waals surface area contributed by atoms with Crippen LogP contribution in [-0.4, -0.2) is 4.57 Å². The van der Waals surface area contributed by atoms with Crippen LogP contribution in [0.25, 0.3) is 55.0 Å². The van der Waals surface area contributed by atoms with Gasteiger partial charge in [0.2, 0.25) is 0 Å². The summed E-state index contributed by atoms with van der Waals surface area (Å²) in [6.45, 7) is 6.98. The molecule has 0 aliphatic heterocycles. The van der Waals surface area contributed by atoms with Gasteiger partial charge in [0.05, 0.1) is 21.9 Å². The zero-order chi connectivity index (χ0) is 50.1. The number of aromatic nitrogens is 1. The molecule has 2 heteroatoms. The molecule has 11 aromatic carbocycles. The summed E-state index contributed by atoms with van der Waals surface area (Å²) in [6.07, 6.45) is 4.49. The van der Waals surface area contributed by atoms with Crippen LogP contribution < -0.4 is 4.90 Å². The van der Waals surface area contributed by atoms with Gasteiger partial charge in [-0.3, -0.25) is 0 Å². The molecule has 354 valence electrons. The van der Waals surface area contributed by atoms with Crippen LogP contribution in [0.2, 0.25) is 0 Å². The molecule has 0 amide bonds. The molecule has 1 heterocycles. The van der Waals surface area contributed by atoms with E-state index in [1.54, 1.807) is 0 Å². The van der Waals surface area contributed by atoms with Crippen LogP contribution >= 0.6 is 0 Å². The van der Waals surface area contributed by atoms with Crippen molar-refractivity contribution in [3.05, 3.63) is 347 Å². The summed E-state index contributed by atoms with van der Waals surface area (Å²) >= 11 is 0. The number of hydrogen-bond acceptors (Lipinski definition) is 1. The van der Waals surface area contributed by atoms with E-state index in [1.165, 1.54) is 99.4 Å². The second kappa shape index (κ2) is 17.6. The van der Waals surface area contributed by atoms with Gasteiger partial charge < -0.3 is 9.47 Å². The normalized spacial score (nSPS) is 15.5. The van der Waals surface area contributed by atoms with Gasteiger partial charge in [-0.15, -0.1) is 0 Å². The predicted octanol–water partition coefficient (Wildman–Crippen LogP) is 18.3. The molecule has 1 atom stereocenters. The molecule has 2 nitrogen and oxygen atoms in total. The molecule has 0 saturated carbocycles. The van der Waals surface area contributed by atoms with Crippen molar-refractivity contribution in [2.45, 2.75) is 17.8 Å². The molecule has 1 unspecified atom stereocenters. The summed E-state index contributed by atoms with van der Waals surface area (Å²) < 4.78 is 2.41. The molecule has 1 aromatic heterocycles. The Morgan fingerprint density at radius 2 is 0.920 bits per heavy atom. The standard InChI is InChI=1S/C73H52N2/c1-3-57(48-68-50(2)61-34-18-21-37-66(61)72(68,53-26-8-4-9-27-53)54-28-10-5-11-29-54)74(59-42-40-51-24-16-17-25-52(51)46-59)60-43-44-63-62-35-19-22-38-67(62)73(69(63)49-60,55-30-12-6-13-31-55)56-41-45-71-65(47-56)64-36-20-23-39-70(64)75(71)58-32-14-7-15-33-58/h3-49H,1H2,2H3/b57-48+. The van der Waals surface area contributed by atoms with Crippen LogP contribution in [0.3, 0.4) is 0 Å². The third kappa shape index (κ3) is 6.59. The minimum Gasteiger partial charge on any atom is -0.310 e. The molecule has 0 saturated heterocycles. The maximum absolute atomic E-state index is 4.68. The smallest absolute Gasteiger partial charge is 0.0714 e. The van der Waals surface area contributed by atoms with E-state index in [9.17, 15) is 0 Å². The molecule has 12 aromatic rings. The molecule has 0 fully saturated rings. The first-order valence-corrected chi connectivity index (χ1v) is 26.0. The largest absolute Gasteiger partial charge is 0.310 e. The molecule has 0 radical (unpaired) electrons. The third-order valence-electron chi connectivity index (χ3n) is 16.3. The average molecular weight is 957 g/mol. The minimum absolute atomic E-state index is 0.600. The SMILES string of the molecule is C=C/C(=C\C1=C(C)c2ccccc2C1(c1ccccc1)c1ccccc1)N(c1ccc2c(c1)C(c1ccccc1)(c1ccc3c(c1)c1ccccc1n3-c1ccccc1)c1ccccc1-2)c1ccc2ccccc2c1. The summed E-state index contributed by atoms with van der Waals surface area (Å²) in [5.74, 6) is 0. The molecule has 2 aliphatic rings. The Hall–Kier alpha value is -9.50. The van der Waals surface area contributed by atoms with Crippen molar-refractivity contribution in [3.8, 4) is 16.8 Å². The van der Waals surface area contributed by atoms with Crippen molar-refractivity contribution in [2.24, 2.45) is 0 Å². The van der Waals surface area contributed by atoms with Crippen LogP contribution in [0.5, 0.6) is 0 Å². The van der Waals surface area contributed by atoms with Crippen LogP contribution in [-0.2, 0) is 10.8 Å². The second-order valence-electron chi connectivity index (χ2n) is 20.0. The topological polar surface area (TPSA) is 8.17 Å². The Balaban J connectivity index is 1.05. The summed E-state index contributed by atoms with van der Waals surface area (Å²) in [5.41, 5.74) is 20.2. The lowest BCUT2D eigenvalue weighted by molar-refractivity contribution is 0.759. The number of allylic oxidation sites excluding steroid dienone is 4. The minimum atomic E-state index is -0.678. The monoisotopic (exact) mass is 956 g/mol. The molecule has 0 N–H and O–H groups in total. The van der Waals surface area contributed by atoms with E-state index in [-0.39, 0.29) is 0 Å². The van der Waals surface area contributed by atoms with Crippen LogP contribution in [0.4, 0.5) is 11.4 Å². The molecule has 75 heavy (non-hydrogen) atoms. The van der Waals surface area contributed by atoms with Gasteiger partial charge >= 0.3 is 0 Å². The predicted molar refractivity (Wildman–Crippen MR) is 314 cm³/mol. The average Bonchev–Trinajstić information content (AvgIpc) is 4.15. The van der Waals surface area contributed by atoms with Crippen molar-refractivity contribution < 1.29 is 0 Å². The fourth-order valence-corrected chi connectivity index (χ4v) is 13.2. The number of fused-ring (bicyclic) bond motifs is 8. The molecule has 0 bridgehead atoms. The Kier molecular flexibility index (Phi) is 10.4. The highest BCUT2D eigenvalue weighted by molar-refractivity contribution is 6.10. The van der Waals surface area contributed by atoms with E-state index in [0.29, 0.717) is 0 Å². The highest BCUT2D eigenvalue weighted by atomic mass is 15.1. The summed E-state index contributed by atoms with van der Waals surface area (Å²) in [7, 11) is 0. The molecule has 0 spiro atoms. The van der Waals surface area contributed by atoms with Gasteiger partial charge in [-0.2, -0.15) is 0 Å². The Labute approximate surface area is 438 Å². The van der Waals surface area contributed by atoms with Gasteiger partial charge in [0.25, 0.3) is 0 Å². The first-order chi connectivity index (χ1) is 37.1. The van der Waals surface area contributed by atoms with Crippen molar-refractivity contribution in [3.63, 3.8) is 0 Å². The van der Waals surface area contributed by atoms with Gasteiger partial charge in [-0.05, 0) is 151 Å². The third-order valence-corrected chi connectivity index (χ3v) is 16.3. The number of hydrogen-bond donors (Lipinski definition) is 0. The van der Waals surface area contributed by atoms with E-state index in [2.05, 4.69) is 308 Å². The van der Waals surface area contributed by atoms with Crippen LogP contribution in [0.15, 0.2) is 303 Å². The lowest BCUT2D eigenvalue weighted by Crippen LogP contribution is -2.30.